The Morgan fingerprint density at radius 2 is 1.42 bits per heavy atom. The van der Waals surface area contributed by atoms with Crippen molar-refractivity contribution in [3.8, 4) is 17.2 Å². The number of likely N-dealkylation sites (tertiary alicyclic amines) is 1. The van der Waals surface area contributed by atoms with Gasteiger partial charge in [0.25, 0.3) is 0 Å². The highest BCUT2D eigenvalue weighted by Crippen LogP contribution is 2.40. The topological polar surface area (TPSA) is 65.1 Å². The molecule has 6 nitrogen and oxygen atoms in total. The van der Waals surface area contributed by atoms with Crippen LogP contribution in [-0.2, 0) is 16.1 Å². The van der Waals surface area contributed by atoms with E-state index in [-0.39, 0.29) is 30.2 Å². The molecule has 6 heteroatoms. The number of fused-ring (bicyclic) bond motifs is 1. The molecule has 1 aliphatic heterocycles. The van der Waals surface area contributed by atoms with E-state index >= 15 is 0 Å². The summed E-state index contributed by atoms with van der Waals surface area (Å²) in [4.78, 5) is 26.5. The van der Waals surface area contributed by atoms with Gasteiger partial charge in [0.15, 0.2) is 11.5 Å². The average molecular weight is 331 g/mol. The lowest BCUT2D eigenvalue weighted by Crippen LogP contribution is -2.30. The molecule has 2 unspecified atom stereocenters. The summed E-state index contributed by atoms with van der Waals surface area (Å²) < 4.78 is 16.0. The summed E-state index contributed by atoms with van der Waals surface area (Å²) in [5.41, 5.74) is 0.762. The number of rotatable bonds is 5. The first kappa shape index (κ1) is 16.4. The Balaban J connectivity index is 1.88. The predicted octanol–water partition coefficient (Wildman–Crippen LogP) is 2.16. The summed E-state index contributed by atoms with van der Waals surface area (Å²) in [5, 5.41) is 0. The number of amides is 2. The Bertz CT molecular complexity index is 646. The fourth-order valence-corrected chi connectivity index (χ4v) is 3.43. The molecule has 1 heterocycles. The molecule has 128 valence electrons. The quantitative estimate of drug-likeness (QED) is 0.611. The van der Waals surface area contributed by atoms with Crippen LogP contribution in [0.2, 0.25) is 0 Å². The Hall–Kier alpha value is -2.50. The SMILES string of the molecule is COc1cc(CN2C(=O)C3CC=CCC3C2=O)cc(OC)c1OC. The third kappa shape index (κ3) is 2.62. The smallest absolute Gasteiger partial charge is 0.233 e. The second-order valence-corrected chi connectivity index (χ2v) is 5.95. The Morgan fingerprint density at radius 3 is 1.83 bits per heavy atom. The molecular weight excluding hydrogens is 310 g/mol. The molecule has 1 aliphatic carbocycles. The molecule has 1 saturated heterocycles. The maximum Gasteiger partial charge on any atom is 0.233 e. The molecule has 3 rings (SSSR count). The van der Waals surface area contributed by atoms with Gasteiger partial charge in [0.05, 0.1) is 39.7 Å². The number of methoxy groups -OCH3 is 3. The third-order valence-electron chi connectivity index (χ3n) is 4.66. The van der Waals surface area contributed by atoms with Gasteiger partial charge >= 0.3 is 0 Å². The zero-order chi connectivity index (χ0) is 17.3. The number of carbonyl (C=O) groups is 2. The zero-order valence-electron chi connectivity index (χ0n) is 14.1. The molecule has 0 radical (unpaired) electrons. The zero-order valence-corrected chi connectivity index (χ0v) is 14.1. The molecule has 1 aromatic carbocycles. The summed E-state index contributed by atoms with van der Waals surface area (Å²) in [6.07, 6.45) is 5.24. The summed E-state index contributed by atoms with van der Waals surface area (Å²) in [6, 6.07) is 3.53. The van der Waals surface area contributed by atoms with Crippen molar-refractivity contribution in [2.75, 3.05) is 21.3 Å². The minimum Gasteiger partial charge on any atom is -0.493 e. The van der Waals surface area contributed by atoms with E-state index in [0.717, 1.165) is 5.56 Å². The molecule has 0 spiro atoms. The lowest BCUT2D eigenvalue weighted by atomic mass is 9.85. The van der Waals surface area contributed by atoms with Crippen LogP contribution in [0, 0.1) is 11.8 Å². The van der Waals surface area contributed by atoms with Crippen molar-refractivity contribution in [3.05, 3.63) is 29.8 Å². The number of nitrogens with zero attached hydrogens (tertiary/aromatic N) is 1. The molecule has 1 fully saturated rings. The first-order chi connectivity index (χ1) is 11.6. The van der Waals surface area contributed by atoms with E-state index in [4.69, 9.17) is 14.2 Å². The normalized spacial score (nSPS) is 22.5. The van der Waals surface area contributed by atoms with Gasteiger partial charge in [-0.25, -0.2) is 0 Å². The highest BCUT2D eigenvalue weighted by molar-refractivity contribution is 6.05. The first-order valence-electron chi connectivity index (χ1n) is 7.89. The van der Waals surface area contributed by atoms with Crippen LogP contribution < -0.4 is 14.2 Å². The second kappa shape index (κ2) is 6.55. The highest BCUT2D eigenvalue weighted by atomic mass is 16.5. The summed E-state index contributed by atoms with van der Waals surface area (Å²) in [6.45, 7) is 0.210. The number of hydrogen-bond acceptors (Lipinski definition) is 5. The number of imide groups is 1. The molecule has 0 bridgehead atoms. The minimum atomic E-state index is -0.218. The molecule has 1 aromatic rings. The Morgan fingerprint density at radius 1 is 0.917 bits per heavy atom. The molecule has 0 saturated carbocycles. The lowest BCUT2D eigenvalue weighted by Gasteiger charge is -2.18. The van der Waals surface area contributed by atoms with Gasteiger partial charge in [0, 0.05) is 0 Å². The van der Waals surface area contributed by atoms with Gasteiger partial charge in [-0.05, 0) is 30.5 Å². The molecule has 0 aromatic heterocycles. The fraction of sp³-hybridized carbons (Fsp3) is 0.444. The highest BCUT2D eigenvalue weighted by Gasteiger charge is 2.47. The maximum absolute atomic E-state index is 12.6. The summed E-state index contributed by atoms with van der Waals surface area (Å²) in [7, 11) is 4.60. The van der Waals surface area contributed by atoms with E-state index in [2.05, 4.69) is 0 Å². The van der Waals surface area contributed by atoms with Crippen LogP contribution >= 0.6 is 0 Å². The van der Waals surface area contributed by atoms with Crippen molar-refractivity contribution in [3.63, 3.8) is 0 Å². The molecule has 24 heavy (non-hydrogen) atoms. The minimum absolute atomic E-state index is 0.0944. The van der Waals surface area contributed by atoms with E-state index < -0.39 is 0 Å². The number of ether oxygens (including phenoxy) is 3. The fourth-order valence-electron chi connectivity index (χ4n) is 3.43. The van der Waals surface area contributed by atoms with Crippen molar-refractivity contribution < 1.29 is 23.8 Å². The molecule has 0 N–H and O–H groups in total. The number of hydrogen-bond donors (Lipinski definition) is 0. The van der Waals surface area contributed by atoms with Crippen LogP contribution in [-0.4, -0.2) is 38.0 Å². The van der Waals surface area contributed by atoms with Gasteiger partial charge in [0.1, 0.15) is 0 Å². The predicted molar refractivity (Wildman–Crippen MR) is 87.0 cm³/mol. The van der Waals surface area contributed by atoms with Crippen molar-refractivity contribution in [1.29, 1.82) is 0 Å². The van der Waals surface area contributed by atoms with Gasteiger partial charge in [0.2, 0.25) is 17.6 Å². The van der Waals surface area contributed by atoms with Crippen LogP contribution in [0.5, 0.6) is 17.2 Å². The van der Waals surface area contributed by atoms with Crippen LogP contribution in [0.3, 0.4) is 0 Å². The van der Waals surface area contributed by atoms with E-state index in [9.17, 15) is 9.59 Å². The molecule has 2 aliphatic rings. The van der Waals surface area contributed by atoms with Gasteiger partial charge in [-0.2, -0.15) is 0 Å². The first-order valence-corrected chi connectivity index (χ1v) is 7.89. The van der Waals surface area contributed by atoms with Crippen molar-refractivity contribution >= 4 is 11.8 Å². The third-order valence-corrected chi connectivity index (χ3v) is 4.66. The average Bonchev–Trinajstić information content (AvgIpc) is 2.86. The van der Waals surface area contributed by atoms with E-state index in [1.54, 1.807) is 12.1 Å². The molecular formula is C18H21NO5. The van der Waals surface area contributed by atoms with Crippen LogP contribution in [0.4, 0.5) is 0 Å². The number of benzene rings is 1. The molecule has 2 amide bonds. The van der Waals surface area contributed by atoms with Crippen molar-refractivity contribution in [1.82, 2.24) is 4.90 Å². The Kier molecular flexibility index (Phi) is 4.46. The van der Waals surface area contributed by atoms with Crippen LogP contribution in [0.25, 0.3) is 0 Å². The van der Waals surface area contributed by atoms with Gasteiger partial charge in [-0.15, -0.1) is 0 Å². The monoisotopic (exact) mass is 331 g/mol. The van der Waals surface area contributed by atoms with E-state index in [1.807, 2.05) is 12.2 Å². The standard InChI is InChI=1S/C18H21NO5/c1-22-14-8-11(9-15(23-2)16(14)24-3)10-19-17(20)12-6-4-5-7-13(12)18(19)21/h4-5,8-9,12-13H,6-7,10H2,1-3H3. The summed E-state index contributed by atoms with van der Waals surface area (Å²) >= 11 is 0. The lowest BCUT2D eigenvalue weighted by molar-refractivity contribution is -0.140. The number of allylic oxidation sites excluding steroid dienone is 2. The van der Waals surface area contributed by atoms with Crippen molar-refractivity contribution in [2.24, 2.45) is 11.8 Å². The van der Waals surface area contributed by atoms with Gasteiger partial charge in [-0.1, -0.05) is 12.2 Å². The van der Waals surface area contributed by atoms with Crippen LogP contribution in [0.15, 0.2) is 24.3 Å². The van der Waals surface area contributed by atoms with Crippen molar-refractivity contribution in [2.45, 2.75) is 19.4 Å². The largest absolute Gasteiger partial charge is 0.493 e. The van der Waals surface area contributed by atoms with E-state index in [1.165, 1.54) is 26.2 Å². The number of carbonyl (C=O) groups excluding carboxylic acids is 2. The molecule has 2 atom stereocenters. The van der Waals surface area contributed by atoms with Gasteiger partial charge < -0.3 is 14.2 Å². The summed E-state index contributed by atoms with van der Waals surface area (Å²) in [5.74, 6) is 0.871. The second-order valence-electron chi connectivity index (χ2n) is 5.95. The van der Waals surface area contributed by atoms with Gasteiger partial charge in [-0.3, -0.25) is 14.5 Å². The van der Waals surface area contributed by atoms with E-state index in [0.29, 0.717) is 30.1 Å². The maximum atomic E-state index is 12.6. The Labute approximate surface area is 141 Å². The van der Waals surface area contributed by atoms with Crippen LogP contribution in [0.1, 0.15) is 18.4 Å².